The molecule has 0 aromatic carbocycles. The van der Waals surface area contributed by atoms with Crippen LogP contribution in [0.2, 0.25) is 0 Å². The van der Waals surface area contributed by atoms with Gasteiger partial charge in [-0.15, -0.1) is 0 Å². The molecule has 2 aromatic rings. The van der Waals surface area contributed by atoms with E-state index >= 15 is 0 Å². The SMILES string of the molecule is CNc1nc(Br)cn2c(Br)cnc12. The number of aromatic nitrogens is 3. The van der Waals surface area contributed by atoms with Crippen molar-refractivity contribution in [1.29, 1.82) is 0 Å². The van der Waals surface area contributed by atoms with Gasteiger partial charge in [-0.25, -0.2) is 9.97 Å². The van der Waals surface area contributed by atoms with Crippen molar-refractivity contribution in [2.75, 3.05) is 12.4 Å². The topological polar surface area (TPSA) is 42.2 Å². The highest BCUT2D eigenvalue weighted by atomic mass is 79.9. The van der Waals surface area contributed by atoms with Crippen molar-refractivity contribution in [2.45, 2.75) is 0 Å². The Labute approximate surface area is 91.6 Å². The van der Waals surface area contributed by atoms with Crippen LogP contribution in [0.3, 0.4) is 0 Å². The van der Waals surface area contributed by atoms with E-state index < -0.39 is 0 Å². The summed E-state index contributed by atoms with van der Waals surface area (Å²) in [5, 5.41) is 2.98. The van der Waals surface area contributed by atoms with Crippen molar-refractivity contribution in [3.8, 4) is 0 Å². The lowest BCUT2D eigenvalue weighted by molar-refractivity contribution is 1.08. The van der Waals surface area contributed by atoms with Gasteiger partial charge < -0.3 is 5.32 Å². The van der Waals surface area contributed by atoms with Crippen LogP contribution in [0.15, 0.2) is 21.6 Å². The molecule has 0 radical (unpaired) electrons. The van der Waals surface area contributed by atoms with Gasteiger partial charge in [0.05, 0.1) is 6.20 Å². The fourth-order valence-electron chi connectivity index (χ4n) is 1.10. The third kappa shape index (κ3) is 1.44. The van der Waals surface area contributed by atoms with Crippen LogP contribution in [0, 0.1) is 0 Å². The number of fused-ring (bicyclic) bond motifs is 1. The van der Waals surface area contributed by atoms with Gasteiger partial charge in [0.15, 0.2) is 11.5 Å². The number of anilines is 1. The molecule has 0 unspecified atom stereocenters. The van der Waals surface area contributed by atoms with Crippen LogP contribution in [0.1, 0.15) is 0 Å². The summed E-state index contributed by atoms with van der Waals surface area (Å²) in [6.07, 6.45) is 3.59. The van der Waals surface area contributed by atoms with E-state index in [9.17, 15) is 0 Å². The lowest BCUT2D eigenvalue weighted by Gasteiger charge is -2.02. The largest absolute Gasteiger partial charge is 0.370 e. The highest BCUT2D eigenvalue weighted by Gasteiger charge is 2.07. The summed E-state index contributed by atoms with van der Waals surface area (Å²) in [4.78, 5) is 8.43. The zero-order chi connectivity index (χ0) is 9.42. The van der Waals surface area contributed by atoms with E-state index in [1.54, 1.807) is 6.20 Å². The van der Waals surface area contributed by atoms with E-state index in [0.717, 1.165) is 20.7 Å². The molecule has 1 N–H and O–H groups in total. The minimum absolute atomic E-state index is 0.750. The molecule has 13 heavy (non-hydrogen) atoms. The molecular weight excluding hydrogens is 300 g/mol. The van der Waals surface area contributed by atoms with Crippen molar-refractivity contribution in [1.82, 2.24) is 14.4 Å². The fraction of sp³-hybridized carbons (Fsp3) is 0.143. The molecule has 0 fully saturated rings. The van der Waals surface area contributed by atoms with Gasteiger partial charge in [-0.1, -0.05) is 0 Å². The zero-order valence-corrected chi connectivity index (χ0v) is 9.92. The predicted octanol–water partition coefficient (Wildman–Crippen LogP) is 2.30. The Morgan fingerprint density at radius 1 is 1.46 bits per heavy atom. The van der Waals surface area contributed by atoms with Crippen LogP contribution in [-0.4, -0.2) is 21.4 Å². The summed E-state index contributed by atoms with van der Waals surface area (Å²) in [5.74, 6) is 0.750. The number of nitrogens with zero attached hydrogens (tertiary/aromatic N) is 3. The second kappa shape index (κ2) is 3.26. The lowest BCUT2D eigenvalue weighted by atomic mass is 10.6. The van der Waals surface area contributed by atoms with Crippen LogP contribution in [0.25, 0.3) is 5.65 Å². The smallest absolute Gasteiger partial charge is 0.181 e. The molecule has 68 valence electrons. The van der Waals surface area contributed by atoms with Gasteiger partial charge in [0, 0.05) is 13.2 Å². The van der Waals surface area contributed by atoms with Gasteiger partial charge in [0.25, 0.3) is 0 Å². The van der Waals surface area contributed by atoms with Crippen LogP contribution in [-0.2, 0) is 0 Å². The van der Waals surface area contributed by atoms with Crippen molar-refractivity contribution in [2.24, 2.45) is 0 Å². The average Bonchev–Trinajstić information content (AvgIpc) is 2.47. The van der Waals surface area contributed by atoms with Crippen LogP contribution >= 0.6 is 31.9 Å². The summed E-state index contributed by atoms with van der Waals surface area (Å²) < 4.78 is 3.58. The Balaban J connectivity index is 2.84. The maximum absolute atomic E-state index is 4.23. The third-order valence-corrected chi connectivity index (χ3v) is 2.62. The molecule has 0 amide bonds. The van der Waals surface area contributed by atoms with E-state index in [0.29, 0.717) is 0 Å². The number of nitrogens with one attached hydrogen (secondary N) is 1. The van der Waals surface area contributed by atoms with Crippen LogP contribution in [0.5, 0.6) is 0 Å². The predicted molar refractivity (Wildman–Crippen MR) is 57.9 cm³/mol. The molecule has 6 heteroatoms. The van der Waals surface area contributed by atoms with Gasteiger partial charge in [-0.05, 0) is 31.9 Å². The summed E-state index contributed by atoms with van der Waals surface area (Å²) >= 11 is 6.71. The number of hydrogen-bond donors (Lipinski definition) is 1. The Bertz CT molecular complexity index is 451. The molecule has 0 bridgehead atoms. The molecular formula is C7H6Br2N4. The number of rotatable bonds is 1. The van der Waals surface area contributed by atoms with Gasteiger partial charge in [0.2, 0.25) is 0 Å². The highest BCUT2D eigenvalue weighted by Crippen LogP contribution is 2.20. The van der Waals surface area contributed by atoms with E-state index in [4.69, 9.17) is 0 Å². The average molecular weight is 306 g/mol. The van der Waals surface area contributed by atoms with Crippen molar-refractivity contribution in [3.63, 3.8) is 0 Å². The third-order valence-electron chi connectivity index (χ3n) is 1.65. The maximum atomic E-state index is 4.23. The van der Waals surface area contributed by atoms with Crippen LogP contribution < -0.4 is 5.32 Å². The summed E-state index contributed by atoms with van der Waals surface area (Å²) in [7, 11) is 1.82. The molecule has 2 heterocycles. The quantitative estimate of drug-likeness (QED) is 0.879. The highest BCUT2D eigenvalue weighted by molar-refractivity contribution is 9.10. The van der Waals surface area contributed by atoms with E-state index in [2.05, 4.69) is 47.1 Å². The molecule has 0 aliphatic carbocycles. The standard InChI is InChI=1S/C7H6Br2N4/c1-10-6-7-11-2-5(9)13(7)3-4(8)12-6/h2-3H,1H3,(H,10,12). The molecule has 2 rings (SSSR count). The maximum Gasteiger partial charge on any atom is 0.181 e. The molecule has 0 atom stereocenters. The van der Waals surface area contributed by atoms with Crippen molar-refractivity contribution < 1.29 is 0 Å². The summed E-state index contributed by atoms with van der Waals surface area (Å²) in [6.45, 7) is 0. The molecule has 2 aromatic heterocycles. The lowest BCUT2D eigenvalue weighted by Crippen LogP contribution is -1.98. The first-order valence-corrected chi connectivity index (χ1v) is 5.18. The number of imidazole rings is 1. The normalized spacial score (nSPS) is 10.7. The fourth-order valence-corrected chi connectivity index (χ4v) is 1.85. The van der Waals surface area contributed by atoms with Gasteiger partial charge in [-0.3, -0.25) is 4.40 Å². The second-order valence-electron chi connectivity index (χ2n) is 2.44. The van der Waals surface area contributed by atoms with Crippen LogP contribution in [0.4, 0.5) is 5.82 Å². The van der Waals surface area contributed by atoms with Gasteiger partial charge in [-0.2, -0.15) is 0 Å². The van der Waals surface area contributed by atoms with Gasteiger partial charge >= 0.3 is 0 Å². The second-order valence-corrected chi connectivity index (χ2v) is 4.06. The zero-order valence-electron chi connectivity index (χ0n) is 6.75. The van der Waals surface area contributed by atoms with E-state index in [1.165, 1.54) is 0 Å². The first-order valence-electron chi connectivity index (χ1n) is 3.59. The molecule has 0 saturated heterocycles. The summed E-state index contributed by atoms with van der Waals surface area (Å²) in [6, 6.07) is 0. The minimum Gasteiger partial charge on any atom is -0.370 e. The first-order chi connectivity index (χ1) is 6.22. The molecule has 0 spiro atoms. The Morgan fingerprint density at radius 2 is 2.23 bits per heavy atom. The van der Waals surface area contributed by atoms with Gasteiger partial charge in [0.1, 0.15) is 9.21 Å². The van der Waals surface area contributed by atoms with E-state index in [1.807, 2.05) is 17.6 Å². The molecule has 0 aliphatic rings. The van der Waals surface area contributed by atoms with Crippen molar-refractivity contribution in [3.05, 3.63) is 21.6 Å². The first kappa shape index (κ1) is 8.96. The Morgan fingerprint density at radius 3 is 2.92 bits per heavy atom. The number of halogens is 2. The Kier molecular flexibility index (Phi) is 2.25. The molecule has 4 nitrogen and oxygen atoms in total. The number of hydrogen-bond acceptors (Lipinski definition) is 3. The molecule has 0 aliphatic heterocycles. The monoisotopic (exact) mass is 304 g/mol. The summed E-state index contributed by atoms with van der Waals surface area (Å²) in [5.41, 5.74) is 0.803. The Hall–Kier alpha value is -0.620. The minimum atomic E-state index is 0.750. The van der Waals surface area contributed by atoms with Crippen molar-refractivity contribution >= 4 is 43.3 Å². The van der Waals surface area contributed by atoms with E-state index in [-0.39, 0.29) is 0 Å². The molecule has 0 saturated carbocycles.